The van der Waals surface area contributed by atoms with Crippen molar-refractivity contribution in [3.8, 4) is 6.07 Å². The second-order valence-corrected chi connectivity index (χ2v) is 5.94. The maximum Gasteiger partial charge on any atom is 0.140 e. The van der Waals surface area contributed by atoms with Crippen molar-refractivity contribution in [3.63, 3.8) is 0 Å². The highest BCUT2D eigenvalue weighted by atomic mass is 19.1. The standard InChI is InChI=1S/C16H22FN3O/c1-16(2,20-5-7-21-8-6-20)12-19-11-13-3-4-15(17)14(9-13)10-18/h3-4,9,19H,5-8,11-12H2,1-2H3. The molecule has 0 radical (unpaired) electrons. The molecule has 1 saturated heterocycles. The fourth-order valence-electron chi connectivity index (χ4n) is 2.56. The Labute approximate surface area is 125 Å². The molecule has 1 aromatic rings. The minimum atomic E-state index is -0.463. The van der Waals surface area contributed by atoms with E-state index in [1.54, 1.807) is 12.1 Å². The van der Waals surface area contributed by atoms with Gasteiger partial charge in [0.2, 0.25) is 0 Å². The van der Waals surface area contributed by atoms with E-state index in [1.165, 1.54) is 6.07 Å². The molecule has 0 aliphatic carbocycles. The Morgan fingerprint density at radius 2 is 2.10 bits per heavy atom. The number of nitriles is 1. The first-order chi connectivity index (χ1) is 10.0. The molecule has 2 rings (SSSR count). The third-order valence-corrected chi connectivity index (χ3v) is 3.91. The van der Waals surface area contributed by atoms with Gasteiger partial charge in [-0.05, 0) is 31.5 Å². The van der Waals surface area contributed by atoms with Crippen LogP contribution in [0.3, 0.4) is 0 Å². The number of halogens is 1. The van der Waals surface area contributed by atoms with Crippen LogP contribution in [-0.4, -0.2) is 43.3 Å². The molecule has 1 aliphatic heterocycles. The molecule has 0 atom stereocenters. The fourth-order valence-corrected chi connectivity index (χ4v) is 2.56. The number of nitrogens with zero attached hydrogens (tertiary/aromatic N) is 2. The van der Waals surface area contributed by atoms with Crippen LogP contribution in [0.4, 0.5) is 4.39 Å². The number of nitrogens with one attached hydrogen (secondary N) is 1. The van der Waals surface area contributed by atoms with Crippen LogP contribution in [0.15, 0.2) is 18.2 Å². The summed E-state index contributed by atoms with van der Waals surface area (Å²) in [7, 11) is 0. The number of ether oxygens (including phenoxy) is 1. The van der Waals surface area contributed by atoms with Gasteiger partial charge in [-0.1, -0.05) is 6.07 Å². The fraction of sp³-hybridized carbons (Fsp3) is 0.562. The van der Waals surface area contributed by atoms with Crippen LogP contribution in [-0.2, 0) is 11.3 Å². The van der Waals surface area contributed by atoms with Crippen LogP contribution in [0, 0.1) is 17.1 Å². The summed E-state index contributed by atoms with van der Waals surface area (Å²) in [6.07, 6.45) is 0. The molecule has 21 heavy (non-hydrogen) atoms. The predicted octanol–water partition coefficient (Wildman–Crippen LogP) is 1.90. The molecule has 0 amide bonds. The van der Waals surface area contributed by atoms with E-state index in [0.717, 1.165) is 38.4 Å². The quantitative estimate of drug-likeness (QED) is 0.900. The molecule has 1 N–H and O–H groups in total. The Morgan fingerprint density at radius 1 is 1.38 bits per heavy atom. The van der Waals surface area contributed by atoms with Crippen molar-refractivity contribution in [2.45, 2.75) is 25.9 Å². The van der Waals surface area contributed by atoms with Crippen molar-refractivity contribution in [3.05, 3.63) is 35.1 Å². The summed E-state index contributed by atoms with van der Waals surface area (Å²) >= 11 is 0. The van der Waals surface area contributed by atoms with Crippen LogP contribution < -0.4 is 5.32 Å². The van der Waals surface area contributed by atoms with Gasteiger partial charge in [-0.2, -0.15) is 5.26 Å². The molecule has 1 aliphatic rings. The van der Waals surface area contributed by atoms with Gasteiger partial charge in [0.1, 0.15) is 11.9 Å². The summed E-state index contributed by atoms with van der Waals surface area (Å²) < 4.78 is 18.6. The van der Waals surface area contributed by atoms with Crippen LogP contribution >= 0.6 is 0 Å². The molecule has 5 heteroatoms. The Bertz CT molecular complexity index is 519. The molecule has 0 aromatic heterocycles. The average molecular weight is 291 g/mol. The van der Waals surface area contributed by atoms with E-state index in [2.05, 4.69) is 24.1 Å². The van der Waals surface area contributed by atoms with Crippen molar-refractivity contribution in [2.75, 3.05) is 32.8 Å². The minimum Gasteiger partial charge on any atom is -0.379 e. The summed E-state index contributed by atoms with van der Waals surface area (Å²) in [5, 5.41) is 12.2. The molecule has 114 valence electrons. The topological polar surface area (TPSA) is 48.3 Å². The molecular weight excluding hydrogens is 269 g/mol. The zero-order valence-electron chi connectivity index (χ0n) is 12.7. The molecule has 1 aromatic carbocycles. The highest BCUT2D eigenvalue weighted by Gasteiger charge is 2.27. The summed E-state index contributed by atoms with van der Waals surface area (Å²) in [6, 6.07) is 6.53. The summed E-state index contributed by atoms with van der Waals surface area (Å²) in [5.74, 6) is -0.463. The second-order valence-electron chi connectivity index (χ2n) is 5.94. The van der Waals surface area contributed by atoms with E-state index >= 15 is 0 Å². The van der Waals surface area contributed by atoms with E-state index in [-0.39, 0.29) is 11.1 Å². The van der Waals surface area contributed by atoms with Crippen LogP contribution in [0.2, 0.25) is 0 Å². The van der Waals surface area contributed by atoms with Gasteiger partial charge in [-0.3, -0.25) is 4.90 Å². The van der Waals surface area contributed by atoms with Gasteiger partial charge >= 0.3 is 0 Å². The molecule has 0 saturated carbocycles. The zero-order chi connectivity index (χ0) is 15.3. The van der Waals surface area contributed by atoms with Crippen molar-refractivity contribution < 1.29 is 9.13 Å². The van der Waals surface area contributed by atoms with E-state index in [0.29, 0.717) is 6.54 Å². The van der Waals surface area contributed by atoms with E-state index in [9.17, 15) is 4.39 Å². The monoisotopic (exact) mass is 291 g/mol. The van der Waals surface area contributed by atoms with Crippen molar-refractivity contribution in [2.24, 2.45) is 0 Å². The van der Waals surface area contributed by atoms with E-state index in [4.69, 9.17) is 10.00 Å². The van der Waals surface area contributed by atoms with Crippen molar-refractivity contribution in [1.29, 1.82) is 5.26 Å². The average Bonchev–Trinajstić information content (AvgIpc) is 2.49. The Balaban J connectivity index is 1.87. The molecule has 4 nitrogen and oxygen atoms in total. The molecular formula is C16H22FN3O. The van der Waals surface area contributed by atoms with Crippen LogP contribution in [0.1, 0.15) is 25.0 Å². The second kappa shape index (κ2) is 6.99. The Kier molecular flexibility index (Phi) is 5.29. The SMILES string of the molecule is CC(C)(CNCc1ccc(F)c(C#N)c1)N1CCOCC1. The maximum atomic E-state index is 13.3. The predicted molar refractivity (Wildman–Crippen MR) is 79.3 cm³/mol. The highest BCUT2D eigenvalue weighted by molar-refractivity contribution is 5.34. The molecule has 1 fully saturated rings. The molecule has 0 bridgehead atoms. The minimum absolute atomic E-state index is 0.0435. The molecule has 0 unspecified atom stereocenters. The van der Waals surface area contributed by atoms with Gasteiger partial charge in [-0.25, -0.2) is 4.39 Å². The largest absolute Gasteiger partial charge is 0.379 e. The highest BCUT2D eigenvalue weighted by Crippen LogP contribution is 2.15. The third-order valence-electron chi connectivity index (χ3n) is 3.91. The van der Waals surface area contributed by atoms with E-state index in [1.807, 2.05) is 6.07 Å². The number of morpholine rings is 1. The first kappa shape index (κ1) is 15.9. The summed E-state index contributed by atoms with van der Waals surface area (Å²) in [5.41, 5.74) is 1.06. The zero-order valence-corrected chi connectivity index (χ0v) is 12.7. The lowest BCUT2D eigenvalue weighted by molar-refractivity contribution is -0.00966. The third kappa shape index (κ3) is 4.24. The van der Waals surface area contributed by atoms with Gasteiger partial charge in [0.05, 0.1) is 18.8 Å². The van der Waals surface area contributed by atoms with Crippen LogP contribution in [0.5, 0.6) is 0 Å². The van der Waals surface area contributed by atoms with Crippen molar-refractivity contribution >= 4 is 0 Å². The van der Waals surface area contributed by atoms with Crippen molar-refractivity contribution in [1.82, 2.24) is 10.2 Å². The normalized spacial score (nSPS) is 16.7. The Morgan fingerprint density at radius 3 is 2.76 bits per heavy atom. The molecule has 1 heterocycles. The lowest BCUT2D eigenvalue weighted by Gasteiger charge is -2.41. The maximum absolute atomic E-state index is 13.3. The molecule has 0 spiro atoms. The number of benzene rings is 1. The first-order valence-electron chi connectivity index (χ1n) is 7.25. The van der Waals surface area contributed by atoms with E-state index < -0.39 is 5.82 Å². The summed E-state index contributed by atoms with van der Waals surface area (Å²) in [4.78, 5) is 2.41. The van der Waals surface area contributed by atoms with Gasteiger partial charge in [-0.15, -0.1) is 0 Å². The van der Waals surface area contributed by atoms with Gasteiger partial charge in [0.15, 0.2) is 0 Å². The number of rotatable bonds is 5. The van der Waals surface area contributed by atoms with Gasteiger partial charge < -0.3 is 10.1 Å². The van der Waals surface area contributed by atoms with Crippen LogP contribution in [0.25, 0.3) is 0 Å². The van der Waals surface area contributed by atoms with Gasteiger partial charge in [0, 0.05) is 31.7 Å². The lowest BCUT2D eigenvalue weighted by Crippen LogP contribution is -2.54. The number of hydrogen-bond acceptors (Lipinski definition) is 4. The Hall–Kier alpha value is -1.48. The first-order valence-corrected chi connectivity index (χ1v) is 7.25. The smallest absolute Gasteiger partial charge is 0.140 e. The summed E-state index contributed by atoms with van der Waals surface area (Å²) in [6.45, 7) is 9.33. The van der Waals surface area contributed by atoms with Gasteiger partial charge in [0.25, 0.3) is 0 Å². The lowest BCUT2D eigenvalue weighted by atomic mass is 10.0. The number of hydrogen-bond donors (Lipinski definition) is 1.